The number of amides is 1. The number of thiophene rings is 1. The summed E-state index contributed by atoms with van der Waals surface area (Å²) in [6, 6.07) is 4.26. The summed E-state index contributed by atoms with van der Waals surface area (Å²) in [6.45, 7) is 2.79. The maximum absolute atomic E-state index is 11.5. The van der Waals surface area contributed by atoms with Crippen molar-refractivity contribution in [3.63, 3.8) is 0 Å². The zero-order valence-corrected chi connectivity index (χ0v) is 9.30. The van der Waals surface area contributed by atoms with E-state index in [1.54, 1.807) is 11.3 Å². The van der Waals surface area contributed by atoms with Crippen molar-refractivity contribution in [2.75, 3.05) is 19.6 Å². The van der Waals surface area contributed by atoms with Gasteiger partial charge in [-0.15, -0.1) is 11.3 Å². The number of hydrogen-bond acceptors (Lipinski definition) is 4. The molecule has 1 saturated heterocycles. The van der Waals surface area contributed by atoms with Crippen molar-refractivity contribution < 1.29 is 4.79 Å². The summed E-state index contributed by atoms with van der Waals surface area (Å²) < 4.78 is 0. The van der Waals surface area contributed by atoms with E-state index in [1.807, 2.05) is 17.5 Å². The van der Waals surface area contributed by atoms with Crippen LogP contribution >= 0.6 is 11.3 Å². The predicted molar refractivity (Wildman–Crippen MR) is 60.6 cm³/mol. The maximum Gasteiger partial charge on any atom is 0.234 e. The van der Waals surface area contributed by atoms with Gasteiger partial charge < -0.3 is 11.1 Å². The van der Waals surface area contributed by atoms with E-state index in [9.17, 15) is 4.79 Å². The molecule has 5 heteroatoms. The Morgan fingerprint density at radius 3 is 3.07 bits per heavy atom. The summed E-state index contributed by atoms with van der Waals surface area (Å²) in [6.07, 6.45) is 0. The Balaban J connectivity index is 1.65. The van der Waals surface area contributed by atoms with E-state index in [4.69, 9.17) is 5.73 Å². The monoisotopic (exact) mass is 225 g/mol. The lowest BCUT2D eigenvalue weighted by atomic mass is 10.1. The molecule has 1 aromatic heterocycles. The number of carbonyl (C=O) groups excluding carboxylic acids is 1. The molecular weight excluding hydrogens is 210 g/mol. The molecule has 0 spiro atoms. The molecule has 1 amide bonds. The molecule has 0 aliphatic carbocycles. The number of carbonyl (C=O) groups is 1. The fourth-order valence-electron chi connectivity index (χ4n) is 1.60. The molecule has 0 saturated carbocycles. The highest BCUT2D eigenvalue weighted by Crippen LogP contribution is 2.07. The van der Waals surface area contributed by atoms with Crippen molar-refractivity contribution in [3.8, 4) is 0 Å². The van der Waals surface area contributed by atoms with Crippen molar-refractivity contribution in [1.29, 1.82) is 0 Å². The molecule has 1 fully saturated rings. The van der Waals surface area contributed by atoms with Gasteiger partial charge in [0, 0.05) is 24.0 Å². The van der Waals surface area contributed by atoms with E-state index in [0.717, 1.165) is 13.1 Å². The van der Waals surface area contributed by atoms with Crippen LogP contribution in [0.4, 0.5) is 0 Å². The Morgan fingerprint density at radius 1 is 1.67 bits per heavy atom. The molecule has 1 aliphatic rings. The number of rotatable bonds is 4. The minimum absolute atomic E-state index is 0.0790. The minimum atomic E-state index is 0.0790. The molecule has 0 aromatic carbocycles. The second-order valence-corrected chi connectivity index (χ2v) is 4.84. The molecule has 0 radical (unpaired) electrons. The average molecular weight is 225 g/mol. The third-order valence-electron chi connectivity index (χ3n) is 2.39. The molecule has 3 N–H and O–H groups in total. The zero-order chi connectivity index (χ0) is 10.7. The molecule has 15 heavy (non-hydrogen) atoms. The van der Waals surface area contributed by atoms with Crippen LogP contribution in [0.1, 0.15) is 4.88 Å². The second-order valence-electron chi connectivity index (χ2n) is 3.81. The molecule has 82 valence electrons. The topological polar surface area (TPSA) is 58.4 Å². The fourth-order valence-corrected chi connectivity index (χ4v) is 2.24. The molecule has 2 heterocycles. The first-order valence-corrected chi connectivity index (χ1v) is 5.89. The van der Waals surface area contributed by atoms with Gasteiger partial charge in [-0.3, -0.25) is 9.69 Å². The highest BCUT2D eigenvalue weighted by molar-refractivity contribution is 7.09. The molecule has 1 aromatic rings. The quantitative estimate of drug-likeness (QED) is 0.759. The third kappa shape index (κ3) is 3.02. The average Bonchev–Trinajstić information content (AvgIpc) is 2.65. The van der Waals surface area contributed by atoms with Crippen LogP contribution in [0, 0.1) is 0 Å². The summed E-state index contributed by atoms with van der Waals surface area (Å²) in [4.78, 5) is 14.7. The highest BCUT2D eigenvalue weighted by Gasteiger charge is 2.24. The molecule has 4 nitrogen and oxygen atoms in total. The van der Waals surface area contributed by atoms with Crippen molar-refractivity contribution in [2.45, 2.75) is 12.6 Å². The Hall–Kier alpha value is -0.910. The maximum atomic E-state index is 11.5. The van der Waals surface area contributed by atoms with Crippen molar-refractivity contribution in [2.24, 2.45) is 5.73 Å². The van der Waals surface area contributed by atoms with E-state index in [-0.39, 0.29) is 11.9 Å². The van der Waals surface area contributed by atoms with Gasteiger partial charge in [-0.2, -0.15) is 0 Å². The van der Waals surface area contributed by atoms with Gasteiger partial charge in [0.25, 0.3) is 0 Å². The molecule has 0 atom stereocenters. The first kappa shape index (κ1) is 10.6. The first-order chi connectivity index (χ1) is 7.24. The summed E-state index contributed by atoms with van der Waals surface area (Å²) >= 11 is 1.66. The van der Waals surface area contributed by atoms with Crippen LogP contribution in [0.2, 0.25) is 0 Å². The normalized spacial score (nSPS) is 17.4. The highest BCUT2D eigenvalue weighted by atomic mass is 32.1. The van der Waals surface area contributed by atoms with E-state index in [0.29, 0.717) is 13.1 Å². The Kier molecular flexibility index (Phi) is 3.35. The largest absolute Gasteiger partial charge is 0.350 e. The molecule has 1 aliphatic heterocycles. The standard InChI is InChI=1S/C10H15N3OS/c11-8-5-13(6-8)7-10(14)12-4-9-2-1-3-15-9/h1-3,8H,4-7,11H2,(H,12,14). The third-order valence-corrected chi connectivity index (χ3v) is 3.27. The van der Waals surface area contributed by atoms with Crippen LogP contribution in [0.15, 0.2) is 17.5 Å². The lowest BCUT2D eigenvalue weighted by Gasteiger charge is -2.36. The zero-order valence-electron chi connectivity index (χ0n) is 8.48. The Bertz CT molecular complexity index is 319. The van der Waals surface area contributed by atoms with Gasteiger partial charge in [-0.05, 0) is 11.4 Å². The number of nitrogens with one attached hydrogen (secondary N) is 1. The summed E-state index contributed by atoms with van der Waals surface area (Å²) in [5.41, 5.74) is 5.62. The van der Waals surface area contributed by atoms with Crippen molar-refractivity contribution in [1.82, 2.24) is 10.2 Å². The van der Waals surface area contributed by atoms with Gasteiger partial charge in [-0.25, -0.2) is 0 Å². The number of hydrogen-bond donors (Lipinski definition) is 2. The molecule has 0 bridgehead atoms. The Morgan fingerprint density at radius 2 is 2.47 bits per heavy atom. The van der Waals surface area contributed by atoms with E-state index in [2.05, 4.69) is 10.2 Å². The van der Waals surface area contributed by atoms with Crippen LogP contribution in [0.5, 0.6) is 0 Å². The lowest BCUT2D eigenvalue weighted by molar-refractivity contribution is -0.123. The molecule has 2 rings (SSSR count). The van der Waals surface area contributed by atoms with Gasteiger partial charge in [0.2, 0.25) is 5.91 Å². The van der Waals surface area contributed by atoms with Crippen LogP contribution < -0.4 is 11.1 Å². The van der Waals surface area contributed by atoms with Gasteiger partial charge >= 0.3 is 0 Å². The first-order valence-electron chi connectivity index (χ1n) is 5.01. The summed E-state index contributed by atoms with van der Waals surface area (Å²) in [7, 11) is 0. The fraction of sp³-hybridized carbons (Fsp3) is 0.500. The van der Waals surface area contributed by atoms with Crippen LogP contribution in [0.25, 0.3) is 0 Å². The van der Waals surface area contributed by atoms with Gasteiger partial charge in [0.05, 0.1) is 13.1 Å². The summed E-state index contributed by atoms with van der Waals surface area (Å²) in [5.74, 6) is 0.0790. The van der Waals surface area contributed by atoms with Crippen molar-refractivity contribution in [3.05, 3.63) is 22.4 Å². The van der Waals surface area contributed by atoms with Gasteiger partial charge in [0.15, 0.2) is 0 Å². The van der Waals surface area contributed by atoms with Gasteiger partial charge in [0.1, 0.15) is 0 Å². The second kappa shape index (κ2) is 4.74. The SMILES string of the molecule is NC1CN(CC(=O)NCc2cccs2)C1. The van der Waals surface area contributed by atoms with E-state index < -0.39 is 0 Å². The smallest absolute Gasteiger partial charge is 0.234 e. The minimum Gasteiger partial charge on any atom is -0.350 e. The number of likely N-dealkylation sites (tertiary alicyclic amines) is 1. The van der Waals surface area contributed by atoms with Crippen LogP contribution in [-0.4, -0.2) is 36.5 Å². The van der Waals surface area contributed by atoms with E-state index >= 15 is 0 Å². The molecule has 0 unspecified atom stereocenters. The predicted octanol–water partition coefficient (Wildman–Crippen LogP) is 0.00720. The number of nitrogens with zero attached hydrogens (tertiary/aromatic N) is 1. The van der Waals surface area contributed by atoms with Crippen LogP contribution in [0.3, 0.4) is 0 Å². The van der Waals surface area contributed by atoms with E-state index in [1.165, 1.54) is 4.88 Å². The lowest BCUT2D eigenvalue weighted by Crippen LogP contribution is -2.57. The number of nitrogens with two attached hydrogens (primary N) is 1. The summed E-state index contributed by atoms with van der Waals surface area (Å²) in [5, 5.41) is 4.90. The van der Waals surface area contributed by atoms with Crippen molar-refractivity contribution >= 4 is 17.2 Å². The van der Waals surface area contributed by atoms with Crippen LogP contribution in [-0.2, 0) is 11.3 Å². The van der Waals surface area contributed by atoms with Gasteiger partial charge in [-0.1, -0.05) is 6.07 Å². The Labute approximate surface area is 93.1 Å². The molecular formula is C10H15N3OS.